The van der Waals surface area contributed by atoms with Gasteiger partial charge in [-0.1, -0.05) is 23.5 Å². The van der Waals surface area contributed by atoms with Gasteiger partial charge in [0.15, 0.2) is 0 Å². The highest BCUT2D eigenvalue weighted by Gasteiger charge is 2.03. The SMILES string of the molecule is COc1ccc(/C=N\Nc2nc3ccccc3s2)c(OC)c1. The molecule has 112 valence electrons. The van der Waals surface area contributed by atoms with E-state index in [1.165, 1.54) is 0 Å². The fraction of sp³-hybridized carbons (Fsp3) is 0.125. The van der Waals surface area contributed by atoms with Crippen molar-refractivity contribution in [1.82, 2.24) is 4.98 Å². The summed E-state index contributed by atoms with van der Waals surface area (Å²) >= 11 is 1.56. The topological polar surface area (TPSA) is 55.7 Å². The molecule has 1 N–H and O–H groups in total. The number of benzene rings is 2. The molecule has 5 nitrogen and oxygen atoms in total. The predicted molar refractivity (Wildman–Crippen MR) is 90.4 cm³/mol. The molecule has 0 spiro atoms. The van der Waals surface area contributed by atoms with Crippen molar-refractivity contribution >= 4 is 32.9 Å². The minimum Gasteiger partial charge on any atom is -0.497 e. The number of hydrogen-bond donors (Lipinski definition) is 1. The van der Waals surface area contributed by atoms with Crippen molar-refractivity contribution in [2.24, 2.45) is 5.10 Å². The lowest BCUT2D eigenvalue weighted by Gasteiger charge is -2.06. The van der Waals surface area contributed by atoms with Gasteiger partial charge in [-0.15, -0.1) is 0 Å². The summed E-state index contributed by atoms with van der Waals surface area (Å²) in [5.41, 5.74) is 4.78. The van der Waals surface area contributed by atoms with Gasteiger partial charge in [0.1, 0.15) is 11.5 Å². The maximum atomic E-state index is 5.33. The van der Waals surface area contributed by atoms with Gasteiger partial charge in [-0.25, -0.2) is 4.98 Å². The number of thiazole rings is 1. The fourth-order valence-corrected chi connectivity index (χ4v) is 2.82. The fourth-order valence-electron chi connectivity index (χ4n) is 2.00. The van der Waals surface area contributed by atoms with Crippen molar-refractivity contribution in [2.75, 3.05) is 19.6 Å². The summed E-state index contributed by atoms with van der Waals surface area (Å²) in [5.74, 6) is 1.45. The van der Waals surface area contributed by atoms with Crippen molar-refractivity contribution in [3.05, 3.63) is 48.0 Å². The van der Waals surface area contributed by atoms with Crippen LogP contribution >= 0.6 is 11.3 Å². The summed E-state index contributed by atoms with van der Waals surface area (Å²) in [7, 11) is 3.24. The number of fused-ring (bicyclic) bond motifs is 1. The summed E-state index contributed by atoms with van der Waals surface area (Å²) in [5, 5.41) is 4.98. The van der Waals surface area contributed by atoms with E-state index in [0.29, 0.717) is 5.75 Å². The largest absolute Gasteiger partial charge is 0.497 e. The lowest BCUT2D eigenvalue weighted by Crippen LogP contribution is -1.94. The van der Waals surface area contributed by atoms with Crippen molar-refractivity contribution < 1.29 is 9.47 Å². The summed E-state index contributed by atoms with van der Waals surface area (Å²) in [6, 6.07) is 13.6. The van der Waals surface area contributed by atoms with Gasteiger partial charge in [0.05, 0.1) is 30.7 Å². The molecule has 1 aromatic heterocycles. The van der Waals surface area contributed by atoms with Crippen LogP contribution in [0.4, 0.5) is 5.13 Å². The van der Waals surface area contributed by atoms with E-state index < -0.39 is 0 Å². The van der Waals surface area contributed by atoms with Crippen LogP contribution in [0.2, 0.25) is 0 Å². The average Bonchev–Trinajstić information content (AvgIpc) is 2.97. The number of ether oxygens (including phenoxy) is 2. The quantitative estimate of drug-likeness (QED) is 0.575. The zero-order valence-corrected chi connectivity index (χ0v) is 13.1. The van der Waals surface area contributed by atoms with Crippen molar-refractivity contribution in [2.45, 2.75) is 0 Å². The van der Waals surface area contributed by atoms with Crippen LogP contribution in [0.1, 0.15) is 5.56 Å². The third-order valence-corrected chi connectivity index (χ3v) is 4.04. The molecule has 0 aliphatic heterocycles. The van der Waals surface area contributed by atoms with Crippen LogP contribution < -0.4 is 14.9 Å². The molecule has 0 amide bonds. The molecular formula is C16H15N3O2S. The Balaban J connectivity index is 1.76. The van der Waals surface area contributed by atoms with Gasteiger partial charge in [0.25, 0.3) is 0 Å². The highest BCUT2D eigenvalue weighted by molar-refractivity contribution is 7.22. The predicted octanol–water partition coefficient (Wildman–Crippen LogP) is 3.76. The highest BCUT2D eigenvalue weighted by atomic mass is 32.1. The lowest BCUT2D eigenvalue weighted by molar-refractivity contribution is 0.394. The Labute approximate surface area is 132 Å². The summed E-state index contributed by atoms with van der Waals surface area (Å²) < 4.78 is 11.6. The summed E-state index contributed by atoms with van der Waals surface area (Å²) in [6.07, 6.45) is 1.70. The highest BCUT2D eigenvalue weighted by Crippen LogP contribution is 2.26. The molecule has 0 aliphatic rings. The van der Waals surface area contributed by atoms with E-state index in [1.807, 2.05) is 42.5 Å². The number of anilines is 1. The van der Waals surface area contributed by atoms with E-state index in [0.717, 1.165) is 26.7 Å². The van der Waals surface area contributed by atoms with Gasteiger partial charge in [-0.05, 0) is 24.3 Å². The number of methoxy groups -OCH3 is 2. The van der Waals surface area contributed by atoms with E-state index in [4.69, 9.17) is 9.47 Å². The standard InChI is InChI=1S/C16H15N3O2S/c1-20-12-8-7-11(14(9-12)21-2)10-17-19-16-18-13-5-3-4-6-15(13)22-16/h3-10H,1-2H3,(H,18,19)/b17-10-. The smallest absolute Gasteiger partial charge is 0.204 e. The monoisotopic (exact) mass is 313 g/mol. The van der Waals surface area contributed by atoms with Gasteiger partial charge in [-0.3, -0.25) is 5.43 Å². The minimum atomic E-state index is 0.703. The Bertz CT molecular complexity index is 781. The van der Waals surface area contributed by atoms with Crippen LogP contribution in [0.25, 0.3) is 10.2 Å². The zero-order chi connectivity index (χ0) is 15.4. The van der Waals surface area contributed by atoms with Crippen molar-refractivity contribution in [1.29, 1.82) is 0 Å². The van der Waals surface area contributed by atoms with Crippen LogP contribution in [-0.4, -0.2) is 25.4 Å². The maximum Gasteiger partial charge on any atom is 0.204 e. The second-order valence-corrected chi connectivity index (χ2v) is 5.50. The molecule has 0 fully saturated rings. The Morgan fingerprint density at radius 3 is 2.77 bits per heavy atom. The first-order valence-electron chi connectivity index (χ1n) is 6.67. The van der Waals surface area contributed by atoms with Gasteiger partial charge < -0.3 is 9.47 Å². The molecule has 2 aromatic carbocycles. The Hall–Kier alpha value is -2.60. The van der Waals surface area contributed by atoms with Crippen molar-refractivity contribution in [3.8, 4) is 11.5 Å². The number of rotatable bonds is 5. The number of nitrogens with one attached hydrogen (secondary N) is 1. The van der Waals surface area contributed by atoms with E-state index in [-0.39, 0.29) is 0 Å². The molecule has 0 bridgehead atoms. The molecule has 1 heterocycles. The molecule has 22 heavy (non-hydrogen) atoms. The molecule has 0 saturated heterocycles. The van der Waals surface area contributed by atoms with Crippen LogP contribution in [0.15, 0.2) is 47.6 Å². The first-order valence-corrected chi connectivity index (χ1v) is 7.48. The lowest BCUT2D eigenvalue weighted by atomic mass is 10.2. The average molecular weight is 313 g/mol. The van der Waals surface area contributed by atoms with Crippen LogP contribution in [0.5, 0.6) is 11.5 Å². The number of hydrazone groups is 1. The van der Waals surface area contributed by atoms with Crippen LogP contribution in [0.3, 0.4) is 0 Å². The summed E-state index contributed by atoms with van der Waals surface area (Å²) in [6.45, 7) is 0. The second-order valence-electron chi connectivity index (χ2n) is 4.46. The van der Waals surface area contributed by atoms with Gasteiger partial charge >= 0.3 is 0 Å². The number of hydrogen-bond acceptors (Lipinski definition) is 6. The second kappa shape index (κ2) is 6.44. The molecule has 0 aliphatic carbocycles. The molecule has 0 atom stereocenters. The molecule has 3 rings (SSSR count). The Morgan fingerprint density at radius 2 is 2.00 bits per heavy atom. The minimum absolute atomic E-state index is 0.703. The van der Waals surface area contributed by atoms with Crippen molar-refractivity contribution in [3.63, 3.8) is 0 Å². The summed E-state index contributed by atoms with van der Waals surface area (Å²) in [4.78, 5) is 4.46. The normalized spacial score (nSPS) is 11.0. The van der Waals surface area contributed by atoms with Gasteiger partial charge in [0.2, 0.25) is 5.13 Å². The zero-order valence-electron chi connectivity index (χ0n) is 12.2. The molecular weight excluding hydrogens is 298 g/mol. The number of para-hydroxylation sites is 1. The van der Waals surface area contributed by atoms with Gasteiger partial charge in [0, 0.05) is 11.6 Å². The first kappa shape index (κ1) is 14.3. The molecule has 0 radical (unpaired) electrons. The maximum absolute atomic E-state index is 5.33. The Morgan fingerprint density at radius 1 is 1.14 bits per heavy atom. The molecule has 6 heteroatoms. The number of aromatic nitrogens is 1. The molecule has 0 unspecified atom stereocenters. The first-order chi connectivity index (χ1) is 10.8. The molecule has 0 saturated carbocycles. The van der Waals surface area contributed by atoms with E-state index >= 15 is 0 Å². The van der Waals surface area contributed by atoms with E-state index in [9.17, 15) is 0 Å². The van der Waals surface area contributed by atoms with Crippen LogP contribution in [0, 0.1) is 0 Å². The third kappa shape index (κ3) is 3.01. The molecule has 3 aromatic rings. The Kier molecular flexibility index (Phi) is 4.20. The third-order valence-electron chi connectivity index (χ3n) is 3.10. The van der Waals surface area contributed by atoms with Gasteiger partial charge in [-0.2, -0.15) is 5.10 Å². The number of nitrogens with zero attached hydrogens (tertiary/aromatic N) is 2. The van der Waals surface area contributed by atoms with Crippen LogP contribution in [-0.2, 0) is 0 Å². The van der Waals surface area contributed by atoms with E-state index in [2.05, 4.69) is 15.5 Å². The van der Waals surface area contributed by atoms with E-state index in [1.54, 1.807) is 31.8 Å².